The van der Waals surface area contributed by atoms with Crippen LogP contribution in [0.1, 0.15) is 103 Å². The van der Waals surface area contributed by atoms with Crippen LogP contribution in [0, 0.1) is 11.8 Å². The number of nitrogens with zero attached hydrogens (tertiary/aromatic N) is 1. The van der Waals surface area contributed by atoms with Crippen molar-refractivity contribution in [1.82, 2.24) is 10.2 Å². The molecule has 2 rings (SSSR count). The molecule has 2 aliphatic rings. The highest BCUT2D eigenvalue weighted by Gasteiger charge is 2.53. The number of amides is 1. The predicted octanol–water partition coefficient (Wildman–Crippen LogP) is 5.65. The molecular weight excluding hydrogens is 440 g/mol. The van der Waals surface area contributed by atoms with Crippen molar-refractivity contribution in [2.24, 2.45) is 11.8 Å². The maximum absolute atomic E-state index is 12.8. The Balaban J connectivity index is 1.47. The third kappa shape index (κ3) is 11.5. The smallest absolute Gasteiger partial charge is 0.312 e. The molecule has 1 amide bonds. The number of ether oxygens (including phenoxy) is 2. The Kier molecular flexibility index (Phi) is 15.3. The van der Waals surface area contributed by atoms with E-state index in [-0.39, 0.29) is 24.1 Å². The summed E-state index contributed by atoms with van der Waals surface area (Å²) in [5.74, 6) is -1.42. The summed E-state index contributed by atoms with van der Waals surface area (Å²) >= 11 is 0. The summed E-state index contributed by atoms with van der Waals surface area (Å²) < 4.78 is 11.4. The molecule has 1 saturated heterocycles. The molecule has 35 heavy (non-hydrogen) atoms. The average Bonchev–Trinajstić information content (AvgIpc) is 3.45. The van der Waals surface area contributed by atoms with E-state index < -0.39 is 11.8 Å². The van der Waals surface area contributed by atoms with Gasteiger partial charge in [0, 0.05) is 13.1 Å². The first-order valence-electron chi connectivity index (χ1n) is 14.5. The standard InChI is InChI=1S/C29H52N2O4/c1-4-5-6-7-8-9-10-11-12-13-14-15-16-17-18-23-34-29(33)27-25-20-19-24(35-25)26(27)28(32)30-21-22-31(2)3/h19-20,24-27H,4-18,21-23H2,1-3H3,(H,30,32). The van der Waals surface area contributed by atoms with E-state index in [1.54, 1.807) is 0 Å². The number of carbonyl (C=O) groups excluding carboxylic acids is 2. The lowest BCUT2D eigenvalue weighted by molar-refractivity contribution is -0.153. The molecule has 4 atom stereocenters. The van der Waals surface area contributed by atoms with Gasteiger partial charge in [-0.3, -0.25) is 9.59 Å². The third-order valence-electron chi connectivity index (χ3n) is 7.32. The summed E-state index contributed by atoms with van der Waals surface area (Å²) in [6.07, 6.45) is 22.8. The number of esters is 1. The third-order valence-corrected chi connectivity index (χ3v) is 7.32. The number of unbranched alkanes of at least 4 members (excludes halogenated alkanes) is 14. The maximum Gasteiger partial charge on any atom is 0.312 e. The van der Waals surface area contributed by atoms with Crippen LogP contribution >= 0.6 is 0 Å². The number of rotatable bonds is 21. The molecule has 6 heteroatoms. The number of fused-ring (bicyclic) bond motifs is 2. The summed E-state index contributed by atoms with van der Waals surface area (Å²) in [7, 11) is 3.93. The Labute approximate surface area is 214 Å². The molecule has 2 heterocycles. The van der Waals surface area contributed by atoms with Crippen LogP contribution in [0.2, 0.25) is 0 Å². The fourth-order valence-electron chi connectivity index (χ4n) is 5.16. The van der Waals surface area contributed by atoms with E-state index in [4.69, 9.17) is 9.47 Å². The van der Waals surface area contributed by atoms with Crippen LogP contribution < -0.4 is 5.32 Å². The second kappa shape index (κ2) is 17.9. The Bertz CT molecular complexity index is 622. The van der Waals surface area contributed by atoms with Crippen LogP contribution in [0.15, 0.2) is 12.2 Å². The Morgan fingerprint density at radius 1 is 0.771 bits per heavy atom. The van der Waals surface area contributed by atoms with Gasteiger partial charge < -0.3 is 19.7 Å². The zero-order valence-corrected chi connectivity index (χ0v) is 22.8. The van der Waals surface area contributed by atoms with Gasteiger partial charge >= 0.3 is 5.97 Å². The minimum atomic E-state index is -0.527. The molecule has 4 unspecified atom stereocenters. The van der Waals surface area contributed by atoms with E-state index in [2.05, 4.69) is 12.2 Å². The first-order valence-corrected chi connectivity index (χ1v) is 14.5. The van der Waals surface area contributed by atoms with Gasteiger partial charge in [0.2, 0.25) is 5.91 Å². The molecule has 1 fully saturated rings. The second-order valence-corrected chi connectivity index (χ2v) is 10.7. The zero-order valence-electron chi connectivity index (χ0n) is 22.8. The van der Waals surface area contributed by atoms with Gasteiger partial charge in [0.15, 0.2) is 0 Å². The van der Waals surface area contributed by atoms with Crippen LogP contribution in [-0.4, -0.2) is 62.8 Å². The minimum absolute atomic E-state index is 0.113. The van der Waals surface area contributed by atoms with Gasteiger partial charge in [0.05, 0.1) is 24.7 Å². The first kappa shape index (κ1) is 29.8. The van der Waals surface area contributed by atoms with Gasteiger partial charge in [-0.25, -0.2) is 0 Å². The lowest BCUT2D eigenvalue weighted by Gasteiger charge is -2.23. The molecule has 0 aromatic rings. The van der Waals surface area contributed by atoms with Gasteiger partial charge in [-0.1, -0.05) is 109 Å². The number of hydrogen-bond acceptors (Lipinski definition) is 5. The Morgan fingerprint density at radius 3 is 1.77 bits per heavy atom. The van der Waals surface area contributed by atoms with Crippen LogP contribution in [0.4, 0.5) is 0 Å². The quantitative estimate of drug-likeness (QED) is 0.127. The van der Waals surface area contributed by atoms with Crippen LogP contribution in [0.25, 0.3) is 0 Å². The van der Waals surface area contributed by atoms with Crippen molar-refractivity contribution in [3.8, 4) is 0 Å². The molecule has 0 spiro atoms. The van der Waals surface area contributed by atoms with Gasteiger partial charge in [0.25, 0.3) is 0 Å². The van der Waals surface area contributed by atoms with Gasteiger partial charge in [-0.2, -0.15) is 0 Å². The molecule has 2 aliphatic heterocycles. The maximum atomic E-state index is 12.8. The van der Waals surface area contributed by atoms with E-state index >= 15 is 0 Å². The number of hydrogen-bond donors (Lipinski definition) is 1. The molecule has 0 aliphatic carbocycles. The molecule has 0 aromatic carbocycles. The molecule has 202 valence electrons. The van der Waals surface area contributed by atoms with Crippen molar-refractivity contribution in [3.63, 3.8) is 0 Å². The fraction of sp³-hybridized carbons (Fsp3) is 0.862. The van der Waals surface area contributed by atoms with Gasteiger partial charge in [-0.05, 0) is 20.5 Å². The van der Waals surface area contributed by atoms with Crippen molar-refractivity contribution in [2.45, 2.75) is 115 Å². The van der Waals surface area contributed by atoms with Crippen molar-refractivity contribution in [1.29, 1.82) is 0 Å². The lowest BCUT2D eigenvalue weighted by Crippen LogP contribution is -2.44. The SMILES string of the molecule is CCCCCCCCCCCCCCCCCOC(=O)C1C2C=CC(O2)C1C(=O)NCCN(C)C. The van der Waals surface area contributed by atoms with Crippen molar-refractivity contribution in [2.75, 3.05) is 33.8 Å². The largest absolute Gasteiger partial charge is 0.465 e. The van der Waals surface area contributed by atoms with Crippen molar-refractivity contribution < 1.29 is 19.1 Å². The molecule has 0 saturated carbocycles. The minimum Gasteiger partial charge on any atom is -0.465 e. The highest BCUT2D eigenvalue weighted by atomic mass is 16.5. The summed E-state index contributed by atoms with van der Waals surface area (Å²) in [5.41, 5.74) is 0. The number of carbonyl (C=O) groups is 2. The highest BCUT2D eigenvalue weighted by Crippen LogP contribution is 2.40. The molecule has 6 nitrogen and oxygen atoms in total. The molecule has 1 N–H and O–H groups in total. The zero-order chi connectivity index (χ0) is 25.3. The van der Waals surface area contributed by atoms with Gasteiger partial charge in [0.1, 0.15) is 5.92 Å². The molecule has 0 aromatic heterocycles. The van der Waals surface area contributed by atoms with E-state index in [0.29, 0.717) is 13.2 Å². The van der Waals surface area contributed by atoms with Crippen molar-refractivity contribution in [3.05, 3.63) is 12.2 Å². The van der Waals surface area contributed by atoms with Crippen LogP contribution in [0.3, 0.4) is 0 Å². The summed E-state index contributed by atoms with van der Waals surface area (Å²) in [4.78, 5) is 27.5. The highest BCUT2D eigenvalue weighted by molar-refractivity contribution is 5.88. The van der Waals surface area contributed by atoms with E-state index in [1.807, 2.05) is 31.1 Å². The van der Waals surface area contributed by atoms with Crippen LogP contribution in [0.5, 0.6) is 0 Å². The predicted molar refractivity (Wildman–Crippen MR) is 142 cm³/mol. The normalized spacial score (nSPS) is 22.7. The fourth-order valence-corrected chi connectivity index (χ4v) is 5.16. The van der Waals surface area contributed by atoms with E-state index in [9.17, 15) is 9.59 Å². The molecule has 0 radical (unpaired) electrons. The number of nitrogens with one attached hydrogen (secondary N) is 1. The second-order valence-electron chi connectivity index (χ2n) is 10.7. The Hall–Kier alpha value is -1.40. The average molecular weight is 493 g/mol. The summed E-state index contributed by atoms with van der Waals surface area (Å²) in [5, 5.41) is 2.95. The number of likely N-dealkylation sites (N-methyl/N-ethyl adjacent to an activating group) is 1. The van der Waals surface area contributed by atoms with Crippen molar-refractivity contribution >= 4 is 11.9 Å². The molecule has 2 bridgehead atoms. The van der Waals surface area contributed by atoms with E-state index in [1.165, 1.54) is 83.5 Å². The van der Waals surface area contributed by atoms with Crippen LogP contribution in [-0.2, 0) is 19.1 Å². The van der Waals surface area contributed by atoms with E-state index in [0.717, 1.165) is 19.4 Å². The monoisotopic (exact) mass is 492 g/mol. The Morgan fingerprint density at radius 2 is 1.26 bits per heavy atom. The summed E-state index contributed by atoms with van der Waals surface area (Å²) in [6.45, 7) is 4.03. The van der Waals surface area contributed by atoms with Gasteiger partial charge in [-0.15, -0.1) is 0 Å². The first-order chi connectivity index (χ1) is 17.0. The lowest BCUT2D eigenvalue weighted by atomic mass is 9.82. The molecular formula is C29H52N2O4. The topological polar surface area (TPSA) is 67.9 Å². The summed E-state index contributed by atoms with van der Waals surface area (Å²) in [6, 6.07) is 0.